The van der Waals surface area contributed by atoms with Crippen LogP contribution in [0.25, 0.3) is 0 Å². The van der Waals surface area contributed by atoms with Gasteiger partial charge in [0.15, 0.2) is 0 Å². The van der Waals surface area contributed by atoms with Gasteiger partial charge < -0.3 is 15.0 Å². The Morgan fingerprint density at radius 2 is 2.20 bits per heavy atom. The third-order valence-corrected chi connectivity index (χ3v) is 5.17. The van der Waals surface area contributed by atoms with Crippen molar-refractivity contribution in [1.82, 2.24) is 15.3 Å². The normalized spacial score (nSPS) is 20.6. The van der Waals surface area contributed by atoms with Crippen molar-refractivity contribution in [2.75, 3.05) is 38.3 Å². The summed E-state index contributed by atoms with van der Waals surface area (Å²) in [6.45, 7) is 7.70. The zero-order valence-corrected chi connectivity index (χ0v) is 15.7. The van der Waals surface area contributed by atoms with Gasteiger partial charge in [-0.05, 0) is 38.0 Å². The maximum atomic E-state index is 12.3. The molecular weight excluding hydrogens is 316 g/mol. The first-order chi connectivity index (χ1) is 12.1. The van der Waals surface area contributed by atoms with Crippen molar-refractivity contribution in [3.63, 3.8) is 0 Å². The van der Waals surface area contributed by atoms with Gasteiger partial charge in [0, 0.05) is 44.8 Å². The van der Waals surface area contributed by atoms with E-state index in [-0.39, 0.29) is 11.8 Å². The van der Waals surface area contributed by atoms with Crippen LogP contribution in [0.1, 0.15) is 67.3 Å². The van der Waals surface area contributed by atoms with E-state index in [0.717, 1.165) is 49.7 Å². The number of ether oxygens (including phenoxy) is 1. The number of rotatable bonds is 6. The number of fused-ring (bicyclic) bond motifs is 1. The Hall–Kier alpha value is -1.69. The molecule has 3 heterocycles. The van der Waals surface area contributed by atoms with Crippen LogP contribution in [0.2, 0.25) is 0 Å². The molecule has 3 rings (SSSR count). The summed E-state index contributed by atoms with van der Waals surface area (Å²) in [6, 6.07) is 0. The number of methoxy groups -OCH3 is 1. The molecule has 6 nitrogen and oxygen atoms in total. The first-order valence-corrected chi connectivity index (χ1v) is 9.53. The molecule has 1 aromatic heterocycles. The standard InChI is InChI=1S/C19H30N4O2/c1-13(2)17-21-16-15(8-9-20-19(16)24)18(22-17)23-10-4-6-14(12-23)7-5-11-25-3/h13-14H,4-12H2,1-3H3,(H,20,24). The summed E-state index contributed by atoms with van der Waals surface area (Å²) in [7, 11) is 1.76. The summed E-state index contributed by atoms with van der Waals surface area (Å²) >= 11 is 0. The Morgan fingerprint density at radius 1 is 1.36 bits per heavy atom. The number of amides is 1. The molecule has 2 aliphatic rings. The second-order valence-corrected chi connectivity index (χ2v) is 7.48. The van der Waals surface area contributed by atoms with Crippen molar-refractivity contribution in [2.45, 2.75) is 51.9 Å². The van der Waals surface area contributed by atoms with Crippen molar-refractivity contribution in [2.24, 2.45) is 5.92 Å². The van der Waals surface area contributed by atoms with E-state index >= 15 is 0 Å². The minimum absolute atomic E-state index is 0.0551. The Morgan fingerprint density at radius 3 is 2.96 bits per heavy atom. The molecule has 0 saturated carbocycles. The number of piperidine rings is 1. The van der Waals surface area contributed by atoms with E-state index in [2.05, 4.69) is 29.0 Å². The lowest BCUT2D eigenvalue weighted by atomic mass is 9.93. The van der Waals surface area contributed by atoms with Crippen molar-refractivity contribution in [1.29, 1.82) is 0 Å². The summed E-state index contributed by atoms with van der Waals surface area (Å²) in [4.78, 5) is 24.1. The van der Waals surface area contributed by atoms with E-state index in [1.165, 1.54) is 19.3 Å². The second kappa shape index (κ2) is 8.13. The zero-order chi connectivity index (χ0) is 17.8. The van der Waals surface area contributed by atoms with E-state index < -0.39 is 0 Å². The quantitative estimate of drug-likeness (QED) is 0.802. The molecule has 6 heteroatoms. The highest BCUT2D eigenvalue weighted by molar-refractivity contribution is 5.96. The number of carbonyl (C=O) groups excluding carboxylic acids is 1. The Balaban J connectivity index is 1.86. The number of aromatic nitrogens is 2. The van der Waals surface area contributed by atoms with Gasteiger partial charge in [-0.1, -0.05) is 13.8 Å². The summed E-state index contributed by atoms with van der Waals surface area (Å²) in [5, 5.41) is 2.92. The number of hydrogen-bond donors (Lipinski definition) is 1. The molecule has 0 radical (unpaired) electrons. The predicted octanol–water partition coefficient (Wildman–Crippen LogP) is 2.53. The van der Waals surface area contributed by atoms with Crippen molar-refractivity contribution in [3.8, 4) is 0 Å². The first kappa shape index (κ1) is 18.1. The van der Waals surface area contributed by atoms with Crippen LogP contribution in [0.4, 0.5) is 5.82 Å². The average molecular weight is 346 g/mol. The molecule has 2 aliphatic heterocycles. The summed E-state index contributed by atoms with van der Waals surface area (Å²) in [5.41, 5.74) is 1.62. The largest absolute Gasteiger partial charge is 0.385 e. The molecule has 0 spiro atoms. The smallest absolute Gasteiger partial charge is 0.270 e. The van der Waals surface area contributed by atoms with Gasteiger partial charge in [-0.25, -0.2) is 9.97 Å². The number of anilines is 1. The molecule has 138 valence electrons. The maximum Gasteiger partial charge on any atom is 0.270 e. The third kappa shape index (κ3) is 4.11. The van der Waals surface area contributed by atoms with Gasteiger partial charge in [0.05, 0.1) is 0 Å². The van der Waals surface area contributed by atoms with Gasteiger partial charge in [-0.2, -0.15) is 0 Å². The fraction of sp³-hybridized carbons (Fsp3) is 0.737. The van der Waals surface area contributed by atoms with E-state index in [0.29, 0.717) is 18.2 Å². The molecular formula is C19H30N4O2. The Labute approximate surface area is 150 Å². The lowest BCUT2D eigenvalue weighted by Crippen LogP contribution is -2.40. The summed E-state index contributed by atoms with van der Waals surface area (Å²) < 4.78 is 5.19. The molecule has 1 amide bonds. The van der Waals surface area contributed by atoms with Crippen molar-refractivity contribution >= 4 is 11.7 Å². The van der Waals surface area contributed by atoms with E-state index in [1.807, 2.05) is 0 Å². The number of carbonyl (C=O) groups is 1. The monoisotopic (exact) mass is 346 g/mol. The second-order valence-electron chi connectivity index (χ2n) is 7.48. The van der Waals surface area contributed by atoms with Gasteiger partial charge >= 0.3 is 0 Å². The molecule has 25 heavy (non-hydrogen) atoms. The zero-order valence-electron chi connectivity index (χ0n) is 15.7. The van der Waals surface area contributed by atoms with Crippen LogP contribution >= 0.6 is 0 Å². The summed E-state index contributed by atoms with van der Waals surface area (Å²) in [5.74, 6) is 2.60. The van der Waals surface area contributed by atoms with E-state index in [9.17, 15) is 4.79 Å². The van der Waals surface area contributed by atoms with Gasteiger partial charge in [-0.3, -0.25) is 4.79 Å². The van der Waals surface area contributed by atoms with Crippen LogP contribution in [0, 0.1) is 5.92 Å². The molecule has 1 fully saturated rings. The molecule has 1 unspecified atom stereocenters. The lowest BCUT2D eigenvalue weighted by molar-refractivity contribution is 0.0940. The topological polar surface area (TPSA) is 67.3 Å². The van der Waals surface area contributed by atoms with E-state index in [1.54, 1.807) is 7.11 Å². The number of hydrogen-bond acceptors (Lipinski definition) is 5. The van der Waals surface area contributed by atoms with Crippen molar-refractivity contribution < 1.29 is 9.53 Å². The van der Waals surface area contributed by atoms with Gasteiger partial charge in [0.25, 0.3) is 5.91 Å². The van der Waals surface area contributed by atoms with Crippen LogP contribution in [-0.4, -0.2) is 49.2 Å². The Kier molecular flexibility index (Phi) is 5.89. The molecule has 0 aromatic carbocycles. The third-order valence-electron chi connectivity index (χ3n) is 5.17. The fourth-order valence-corrected chi connectivity index (χ4v) is 3.82. The van der Waals surface area contributed by atoms with Crippen LogP contribution in [0.5, 0.6) is 0 Å². The highest BCUT2D eigenvalue weighted by atomic mass is 16.5. The maximum absolute atomic E-state index is 12.3. The molecule has 1 aromatic rings. The van der Waals surface area contributed by atoms with E-state index in [4.69, 9.17) is 9.72 Å². The highest BCUT2D eigenvalue weighted by Crippen LogP contribution is 2.30. The first-order valence-electron chi connectivity index (χ1n) is 9.53. The molecule has 1 N–H and O–H groups in total. The summed E-state index contributed by atoms with van der Waals surface area (Å²) in [6.07, 6.45) is 5.57. The SMILES string of the molecule is COCCCC1CCCN(c2nc(C(C)C)nc3c2CCNC3=O)C1. The number of nitrogens with zero attached hydrogens (tertiary/aromatic N) is 3. The predicted molar refractivity (Wildman–Crippen MR) is 98.2 cm³/mol. The highest BCUT2D eigenvalue weighted by Gasteiger charge is 2.29. The van der Waals surface area contributed by atoms with Gasteiger partial charge in [0.1, 0.15) is 17.3 Å². The van der Waals surface area contributed by atoms with Crippen LogP contribution in [-0.2, 0) is 11.2 Å². The fourth-order valence-electron chi connectivity index (χ4n) is 3.82. The molecule has 1 atom stereocenters. The van der Waals surface area contributed by atoms with Gasteiger partial charge in [0.2, 0.25) is 0 Å². The minimum atomic E-state index is -0.0551. The number of nitrogens with one attached hydrogen (secondary N) is 1. The molecule has 0 bridgehead atoms. The molecule has 1 saturated heterocycles. The van der Waals surface area contributed by atoms with Crippen LogP contribution in [0.15, 0.2) is 0 Å². The molecule has 0 aliphatic carbocycles. The minimum Gasteiger partial charge on any atom is -0.385 e. The van der Waals surface area contributed by atoms with Crippen LogP contribution in [0.3, 0.4) is 0 Å². The van der Waals surface area contributed by atoms with Crippen molar-refractivity contribution in [3.05, 3.63) is 17.1 Å². The average Bonchev–Trinajstić information content (AvgIpc) is 2.62. The van der Waals surface area contributed by atoms with Crippen LogP contribution < -0.4 is 10.2 Å². The Bertz CT molecular complexity index is 618. The van der Waals surface area contributed by atoms with Gasteiger partial charge in [-0.15, -0.1) is 0 Å². The lowest BCUT2D eigenvalue weighted by Gasteiger charge is -2.36.